The number of hydrogen-bond acceptors (Lipinski definition) is 6. The number of anilines is 1. The number of rotatable bonds is 6. The van der Waals surface area contributed by atoms with Crippen LogP contribution in [-0.4, -0.2) is 36.6 Å². The minimum Gasteiger partial charge on any atom is -0.462 e. The highest BCUT2D eigenvalue weighted by molar-refractivity contribution is 5.94. The van der Waals surface area contributed by atoms with Crippen LogP contribution in [0.25, 0.3) is 11.4 Å². The first-order chi connectivity index (χ1) is 13.1. The fourth-order valence-electron chi connectivity index (χ4n) is 2.50. The van der Waals surface area contributed by atoms with Gasteiger partial charge < -0.3 is 14.4 Å². The highest BCUT2D eigenvalue weighted by Gasteiger charge is 2.18. The molecule has 6 nitrogen and oxygen atoms in total. The third kappa shape index (κ3) is 4.41. The zero-order valence-corrected chi connectivity index (χ0v) is 15.5. The summed E-state index contributed by atoms with van der Waals surface area (Å²) in [5.41, 5.74) is 1.17. The van der Waals surface area contributed by atoms with Gasteiger partial charge in [0, 0.05) is 25.9 Å². The Balaban J connectivity index is 1.85. The number of para-hydroxylation sites is 1. The first kappa shape index (κ1) is 18.4. The van der Waals surface area contributed by atoms with E-state index in [-0.39, 0.29) is 0 Å². The Kier molecular flexibility index (Phi) is 5.66. The highest BCUT2D eigenvalue weighted by Crippen LogP contribution is 2.26. The molecule has 0 N–H and O–H groups in total. The predicted octanol–water partition coefficient (Wildman–Crippen LogP) is 4.18. The first-order valence-electron chi connectivity index (χ1n) is 8.63. The van der Waals surface area contributed by atoms with Gasteiger partial charge in [0.1, 0.15) is 22.9 Å². The Morgan fingerprint density at radius 1 is 1.00 bits per heavy atom. The monoisotopic (exact) mass is 363 g/mol. The van der Waals surface area contributed by atoms with E-state index in [1.165, 1.54) is 6.20 Å². The zero-order chi connectivity index (χ0) is 19.2. The number of carbonyl (C=O) groups excluding carboxylic acids is 1. The molecule has 0 aliphatic rings. The minimum atomic E-state index is -0.431. The lowest BCUT2D eigenvalue weighted by atomic mass is 10.2. The third-order valence-corrected chi connectivity index (χ3v) is 3.78. The van der Waals surface area contributed by atoms with Crippen molar-refractivity contribution in [1.82, 2.24) is 9.97 Å². The molecule has 3 aromatic rings. The summed E-state index contributed by atoms with van der Waals surface area (Å²) in [4.78, 5) is 22.7. The maximum Gasteiger partial charge on any atom is 0.343 e. The molecule has 0 amide bonds. The van der Waals surface area contributed by atoms with Crippen LogP contribution in [0.4, 0.5) is 5.82 Å². The van der Waals surface area contributed by atoms with Gasteiger partial charge >= 0.3 is 5.97 Å². The van der Waals surface area contributed by atoms with Crippen LogP contribution < -0.4 is 9.64 Å². The predicted molar refractivity (Wildman–Crippen MR) is 104 cm³/mol. The Morgan fingerprint density at radius 3 is 2.30 bits per heavy atom. The molecule has 0 unspecified atom stereocenters. The van der Waals surface area contributed by atoms with Gasteiger partial charge in [-0.3, -0.25) is 0 Å². The molecule has 1 aromatic heterocycles. The van der Waals surface area contributed by atoms with Gasteiger partial charge in [-0.1, -0.05) is 18.2 Å². The summed E-state index contributed by atoms with van der Waals surface area (Å²) in [6.45, 7) is 2.07. The van der Waals surface area contributed by atoms with Crippen molar-refractivity contribution in [2.45, 2.75) is 6.92 Å². The zero-order valence-electron chi connectivity index (χ0n) is 15.5. The van der Waals surface area contributed by atoms with Crippen LogP contribution in [0.15, 0.2) is 60.8 Å². The molecule has 138 valence electrons. The largest absolute Gasteiger partial charge is 0.462 e. The van der Waals surface area contributed by atoms with Crippen molar-refractivity contribution in [3.8, 4) is 22.9 Å². The highest BCUT2D eigenvalue weighted by atomic mass is 16.5. The second-order valence-corrected chi connectivity index (χ2v) is 5.99. The van der Waals surface area contributed by atoms with Crippen molar-refractivity contribution >= 4 is 11.8 Å². The van der Waals surface area contributed by atoms with Gasteiger partial charge in [-0.2, -0.15) is 0 Å². The van der Waals surface area contributed by atoms with E-state index in [1.807, 2.05) is 68.7 Å². The molecule has 0 bridgehead atoms. The van der Waals surface area contributed by atoms with Gasteiger partial charge in [0.05, 0.1) is 6.61 Å². The minimum absolute atomic E-state index is 0.302. The number of carbonyl (C=O) groups is 1. The summed E-state index contributed by atoms with van der Waals surface area (Å²) in [5.74, 6) is 2.11. The Bertz CT molecular complexity index is 910. The lowest BCUT2D eigenvalue weighted by molar-refractivity contribution is 0.0526. The average Bonchev–Trinajstić information content (AvgIpc) is 2.69. The topological polar surface area (TPSA) is 64.5 Å². The van der Waals surface area contributed by atoms with E-state index in [4.69, 9.17) is 9.47 Å². The van der Waals surface area contributed by atoms with Crippen LogP contribution >= 0.6 is 0 Å². The van der Waals surface area contributed by atoms with Gasteiger partial charge in [-0.05, 0) is 43.3 Å². The van der Waals surface area contributed by atoms with E-state index in [1.54, 1.807) is 11.8 Å². The maximum atomic E-state index is 12.1. The number of aromatic nitrogens is 2. The molecule has 0 fully saturated rings. The summed E-state index contributed by atoms with van der Waals surface area (Å²) >= 11 is 0. The van der Waals surface area contributed by atoms with Crippen LogP contribution in [0.2, 0.25) is 0 Å². The fourth-order valence-corrected chi connectivity index (χ4v) is 2.50. The van der Waals surface area contributed by atoms with Gasteiger partial charge in [-0.25, -0.2) is 14.8 Å². The van der Waals surface area contributed by atoms with Crippen molar-refractivity contribution in [2.24, 2.45) is 0 Å². The Morgan fingerprint density at radius 2 is 1.67 bits per heavy atom. The van der Waals surface area contributed by atoms with Crippen molar-refractivity contribution in [3.05, 3.63) is 66.4 Å². The number of benzene rings is 2. The van der Waals surface area contributed by atoms with E-state index in [0.29, 0.717) is 23.8 Å². The van der Waals surface area contributed by atoms with E-state index < -0.39 is 5.97 Å². The van der Waals surface area contributed by atoms with Crippen LogP contribution in [0, 0.1) is 0 Å². The van der Waals surface area contributed by atoms with E-state index >= 15 is 0 Å². The lowest BCUT2D eigenvalue weighted by Crippen LogP contribution is -2.18. The molecule has 2 aromatic carbocycles. The number of nitrogens with zero attached hydrogens (tertiary/aromatic N) is 3. The van der Waals surface area contributed by atoms with Crippen molar-refractivity contribution in [2.75, 3.05) is 25.6 Å². The third-order valence-electron chi connectivity index (χ3n) is 3.78. The molecule has 0 radical (unpaired) electrons. The summed E-state index contributed by atoms with van der Waals surface area (Å²) in [6, 6.07) is 17.1. The molecule has 6 heteroatoms. The van der Waals surface area contributed by atoms with E-state index in [2.05, 4.69) is 9.97 Å². The quantitative estimate of drug-likeness (QED) is 0.612. The van der Waals surface area contributed by atoms with E-state index in [0.717, 1.165) is 17.1 Å². The summed E-state index contributed by atoms with van der Waals surface area (Å²) in [7, 11) is 3.65. The normalized spacial score (nSPS) is 10.3. The molecule has 0 saturated carbocycles. The summed E-state index contributed by atoms with van der Waals surface area (Å²) in [6.07, 6.45) is 1.50. The molecule has 0 aliphatic heterocycles. The van der Waals surface area contributed by atoms with Crippen LogP contribution in [0.5, 0.6) is 11.5 Å². The second kappa shape index (κ2) is 8.31. The number of ether oxygens (including phenoxy) is 2. The molecule has 0 spiro atoms. The Labute approximate surface area is 158 Å². The smallest absolute Gasteiger partial charge is 0.343 e. The first-order valence-corrected chi connectivity index (χ1v) is 8.63. The summed E-state index contributed by atoms with van der Waals surface area (Å²) in [5, 5.41) is 0. The SMILES string of the molecule is CCOC(=O)c1cnc(-c2ccc(Oc3ccccc3)cc2)nc1N(C)C. The standard InChI is InChI=1S/C21H21N3O3/c1-4-26-21(25)18-14-22-19(23-20(18)24(2)3)15-10-12-17(13-11-15)27-16-8-6-5-7-9-16/h5-14H,4H2,1-3H3. The molecule has 0 atom stereocenters. The maximum absolute atomic E-state index is 12.1. The van der Waals surface area contributed by atoms with Crippen LogP contribution in [0.1, 0.15) is 17.3 Å². The fraction of sp³-hybridized carbons (Fsp3) is 0.190. The van der Waals surface area contributed by atoms with Crippen LogP contribution in [0.3, 0.4) is 0 Å². The molecule has 27 heavy (non-hydrogen) atoms. The van der Waals surface area contributed by atoms with E-state index in [9.17, 15) is 4.79 Å². The lowest BCUT2D eigenvalue weighted by Gasteiger charge is -2.16. The molecule has 3 rings (SSSR count). The molecule has 1 heterocycles. The number of esters is 1. The number of hydrogen-bond donors (Lipinski definition) is 0. The summed E-state index contributed by atoms with van der Waals surface area (Å²) < 4.78 is 10.9. The average molecular weight is 363 g/mol. The second-order valence-electron chi connectivity index (χ2n) is 5.99. The van der Waals surface area contributed by atoms with Gasteiger partial charge in [0.2, 0.25) is 0 Å². The van der Waals surface area contributed by atoms with Crippen molar-refractivity contribution in [3.63, 3.8) is 0 Å². The molecule has 0 aliphatic carbocycles. The van der Waals surface area contributed by atoms with Crippen molar-refractivity contribution < 1.29 is 14.3 Å². The molecule has 0 saturated heterocycles. The molecular weight excluding hydrogens is 342 g/mol. The molecular formula is C21H21N3O3. The van der Waals surface area contributed by atoms with Gasteiger partial charge in [0.15, 0.2) is 5.82 Å². The van der Waals surface area contributed by atoms with Gasteiger partial charge in [-0.15, -0.1) is 0 Å². The van der Waals surface area contributed by atoms with Crippen molar-refractivity contribution in [1.29, 1.82) is 0 Å². The van der Waals surface area contributed by atoms with Gasteiger partial charge in [0.25, 0.3) is 0 Å². The van der Waals surface area contributed by atoms with Crippen LogP contribution in [-0.2, 0) is 4.74 Å². The Hall–Kier alpha value is -3.41.